The zero-order valence-corrected chi connectivity index (χ0v) is 20.0. The Morgan fingerprint density at radius 3 is 2.81 bits per heavy atom. The standard InChI is InChI=1S/C23H31N7O6/c1-2-35-15(32)8-7-12-9-25-29-16(12)20-27-21(26-13-5-3-4-6-13)17-22(28-20)30(11-24-17)23-19(34)18(33)14(10-31)36-23/h9,11,13-14,18-19,23,31,33-34H,2-8,10H2,1H3,(H,25,29)(H,26,27,28)/t14-,18-,19-,23+/m0/s1. The number of aliphatic hydroxyl groups is 3. The van der Waals surface area contributed by atoms with Gasteiger partial charge in [-0.3, -0.25) is 14.5 Å². The van der Waals surface area contributed by atoms with E-state index in [4.69, 9.17) is 19.4 Å². The van der Waals surface area contributed by atoms with Crippen LogP contribution in [-0.4, -0.2) is 88.6 Å². The first-order valence-electron chi connectivity index (χ1n) is 12.3. The van der Waals surface area contributed by atoms with E-state index < -0.39 is 31.1 Å². The van der Waals surface area contributed by atoms with Crippen LogP contribution in [0.1, 0.15) is 50.8 Å². The fourth-order valence-corrected chi connectivity index (χ4v) is 4.85. The lowest BCUT2D eigenvalue weighted by Crippen LogP contribution is -2.33. The molecule has 194 valence electrons. The van der Waals surface area contributed by atoms with Crippen LogP contribution in [0.5, 0.6) is 0 Å². The summed E-state index contributed by atoms with van der Waals surface area (Å²) >= 11 is 0. The van der Waals surface area contributed by atoms with Crippen LogP contribution < -0.4 is 5.32 Å². The molecule has 1 aliphatic heterocycles. The van der Waals surface area contributed by atoms with Gasteiger partial charge in [0.15, 0.2) is 29.0 Å². The van der Waals surface area contributed by atoms with Gasteiger partial charge in [-0.2, -0.15) is 5.10 Å². The van der Waals surface area contributed by atoms with Crippen LogP contribution in [0.15, 0.2) is 12.5 Å². The zero-order chi connectivity index (χ0) is 25.2. The van der Waals surface area contributed by atoms with Crippen LogP contribution in [-0.2, 0) is 20.7 Å². The van der Waals surface area contributed by atoms with Crippen molar-refractivity contribution in [2.45, 2.75) is 76.0 Å². The van der Waals surface area contributed by atoms with Crippen LogP contribution in [0.4, 0.5) is 5.82 Å². The number of fused-ring (bicyclic) bond motifs is 1. The lowest BCUT2D eigenvalue weighted by molar-refractivity contribution is -0.143. The number of nitrogens with one attached hydrogen (secondary N) is 2. The van der Waals surface area contributed by atoms with Crippen LogP contribution in [0, 0.1) is 0 Å². The molecule has 36 heavy (non-hydrogen) atoms. The molecule has 0 spiro atoms. The molecule has 0 amide bonds. The lowest BCUT2D eigenvalue weighted by atomic mass is 10.1. The normalized spacial score (nSPS) is 24.6. The van der Waals surface area contributed by atoms with Crippen LogP contribution in [0.2, 0.25) is 0 Å². The number of aliphatic hydroxyl groups excluding tert-OH is 3. The average molecular weight is 502 g/mol. The minimum absolute atomic E-state index is 0.191. The summed E-state index contributed by atoms with van der Waals surface area (Å²) in [5, 5.41) is 40.9. The number of nitrogens with zero attached hydrogens (tertiary/aromatic N) is 5. The monoisotopic (exact) mass is 501 g/mol. The molecule has 13 heteroatoms. The molecule has 1 aliphatic carbocycles. The number of carbonyl (C=O) groups is 1. The predicted molar refractivity (Wildman–Crippen MR) is 127 cm³/mol. The number of hydrogen-bond donors (Lipinski definition) is 5. The summed E-state index contributed by atoms with van der Waals surface area (Å²) in [6.07, 6.45) is 3.55. The molecule has 4 atom stereocenters. The van der Waals surface area contributed by atoms with Crippen LogP contribution in [0.3, 0.4) is 0 Å². The van der Waals surface area contributed by atoms with Gasteiger partial charge in [-0.15, -0.1) is 0 Å². The van der Waals surface area contributed by atoms with E-state index in [2.05, 4.69) is 20.5 Å². The molecular formula is C23H31N7O6. The molecule has 0 radical (unpaired) electrons. The number of aromatic amines is 1. The number of aryl methyl sites for hydroxylation is 1. The van der Waals surface area contributed by atoms with Crippen molar-refractivity contribution < 1.29 is 29.6 Å². The van der Waals surface area contributed by atoms with Crippen molar-refractivity contribution in [2.24, 2.45) is 0 Å². The molecule has 3 aromatic heterocycles. The van der Waals surface area contributed by atoms with Gasteiger partial charge in [0.05, 0.1) is 25.7 Å². The number of aromatic nitrogens is 6. The van der Waals surface area contributed by atoms with Gasteiger partial charge >= 0.3 is 5.97 Å². The molecule has 4 heterocycles. The molecule has 5 N–H and O–H groups in total. The van der Waals surface area contributed by atoms with Gasteiger partial charge in [-0.25, -0.2) is 15.0 Å². The number of carbonyl (C=O) groups excluding carboxylic acids is 1. The fourth-order valence-electron chi connectivity index (χ4n) is 4.85. The molecule has 1 saturated heterocycles. The van der Waals surface area contributed by atoms with E-state index >= 15 is 0 Å². The van der Waals surface area contributed by atoms with Gasteiger partial charge in [0, 0.05) is 18.0 Å². The molecule has 3 aromatic rings. The average Bonchev–Trinajstić information content (AvgIpc) is 3.66. The van der Waals surface area contributed by atoms with Gasteiger partial charge in [0.2, 0.25) is 0 Å². The first kappa shape index (κ1) is 24.6. The number of H-pyrrole nitrogens is 1. The summed E-state index contributed by atoms with van der Waals surface area (Å²) in [5.41, 5.74) is 2.20. The summed E-state index contributed by atoms with van der Waals surface area (Å²) in [6.45, 7) is 1.64. The molecule has 1 saturated carbocycles. The largest absolute Gasteiger partial charge is 0.466 e. The quantitative estimate of drug-likeness (QED) is 0.260. The number of anilines is 1. The first-order valence-corrected chi connectivity index (χ1v) is 12.3. The van der Waals surface area contributed by atoms with E-state index in [9.17, 15) is 20.1 Å². The van der Waals surface area contributed by atoms with E-state index in [1.165, 1.54) is 6.33 Å². The highest BCUT2D eigenvalue weighted by molar-refractivity contribution is 5.85. The Kier molecular flexibility index (Phi) is 7.14. The van der Waals surface area contributed by atoms with Crippen molar-refractivity contribution in [1.29, 1.82) is 0 Å². The Morgan fingerprint density at radius 1 is 1.28 bits per heavy atom. The predicted octanol–water partition coefficient (Wildman–Crippen LogP) is 0.678. The maximum atomic E-state index is 11.9. The highest BCUT2D eigenvalue weighted by Gasteiger charge is 2.44. The van der Waals surface area contributed by atoms with Crippen molar-refractivity contribution in [3.63, 3.8) is 0 Å². The van der Waals surface area contributed by atoms with Gasteiger partial charge in [0.25, 0.3) is 0 Å². The smallest absolute Gasteiger partial charge is 0.306 e. The number of rotatable bonds is 9. The second-order valence-corrected chi connectivity index (χ2v) is 9.15. The maximum absolute atomic E-state index is 11.9. The van der Waals surface area contributed by atoms with Crippen LogP contribution in [0.25, 0.3) is 22.7 Å². The fraction of sp³-hybridized carbons (Fsp3) is 0.609. The van der Waals surface area contributed by atoms with Crippen molar-refractivity contribution in [1.82, 2.24) is 29.7 Å². The minimum Gasteiger partial charge on any atom is -0.466 e. The Bertz CT molecular complexity index is 1210. The van der Waals surface area contributed by atoms with Crippen molar-refractivity contribution in [3.05, 3.63) is 18.1 Å². The van der Waals surface area contributed by atoms with E-state index in [1.807, 2.05) is 0 Å². The third-order valence-electron chi connectivity index (χ3n) is 6.75. The van der Waals surface area contributed by atoms with E-state index in [-0.39, 0.29) is 18.4 Å². The minimum atomic E-state index is -1.28. The van der Waals surface area contributed by atoms with Crippen LogP contribution >= 0.6 is 0 Å². The molecule has 0 unspecified atom stereocenters. The lowest BCUT2D eigenvalue weighted by Gasteiger charge is -2.18. The molecule has 0 aromatic carbocycles. The highest BCUT2D eigenvalue weighted by atomic mass is 16.6. The van der Waals surface area contributed by atoms with Gasteiger partial charge in [-0.1, -0.05) is 12.8 Å². The third kappa shape index (κ3) is 4.66. The summed E-state index contributed by atoms with van der Waals surface area (Å²) < 4.78 is 12.3. The van der Waals surface area contributed by atoms with Gasteiger partial charge < -0.3 is 30.1 Å². The highest BCUT2D eigenvalue weighted by Crippen LogP contribution is 2.34. The zero-order valence-electron chi connectivity index (χ0n) is 20.0. The SMILES string of the molecule is CCOC(=O)CCc1cn[nH]c1-c1nc(NC2CCCC2)c2ncn([C@@H]3O[C@@H](CO)[C@H](O)[C@@H]3O)c2n1. The van der Waals surface area contributed by atoms with Crippen molar-refractivity contribution in [2.75, 3.05) is 18.5 Å². The number of ether oxygens (including phenoxy) is 2. The Hall–Kier alpha value is -3.13. The molecule has 0 bridgehead atoms. The first-order chi connectivity index (χ1) is 17.5. The molecule has 5 rings (SSSR count). The summed E-state index contributed by atoms with van der Waals surface area (Å²) in [4.78, 5) is 25.9. The number of imidazole rings is 1. The van der Waals surface area contributed by atoms with Crippen molar-refractivity contribution >= 4 is 23.0 Å². The number of esters is 1. The molecular weight excluding hydrogens is 470 g/mol. The van der Waals surface area contributed by atoms with Gasteiger partial charge in [-0.05, 0) is 26.2 Å². The maximum Gasteiger partial charge on any atom is 0.306 e. The summed E-state index contributed by atoms with van der Waals surface area (Å²) in [6, 6.07) is 0.250. The Morgan fingerprint density at radius 2 is 2.08 bits per heavy atom. The van der Waals surface area contributed by atoms with Crippen molar-refractivity contribution in [3.8, 4) is 11.5 Å². The molecule has 13 nitrogen and oxygen atoms in total. The van der Waals surface area contributed by atoms with E-state index in [0.717, 1.165) is 31.2 Å². The molecule has 2 fully saturated rings. The Balaban J connectivity index is 1.54. The second kappa shape index (κ2) is 10.5. The molecule has 2 aliphatic rings. The summed E-state index contributed by atoms with van der Waals surface area (Å²) in [7, 11) is 0. The van der Waals surface area contributed by atoms with Gasteiger partial charge in [0.1, 0.15) is 24.0 Å². The second-order valence-electron chi connectivity index (χ2n) is 9.15. The summed E-state index contributed by atoms with van der Waals surface area (Å²) in [5.74, 6) is 0.582. The topological polar surface area (TPSA) is 181 Å². The van der Waals surface area contributed by atoms with E-state index in [0.29, 0.717) is 41.5 Å². The Labute approximate surface area is 206 Å². The third-order valence-corrected chi connectivity index (χ3v) is 6.75. The van der Waals surface area contributed by atoms with E-state index in [1.54, 1.807) is 17.7 Å². The number of hydrogen-bond acceptors (Lipinski definition) is 11.